The molecule has 1 heterocycles. The predicted octanol–water partition coefficient (Wildman–Crippen LogP) is 3.67. The first-order valence-corrected chi connectivity index (χ1v) is 8.79. The van der Waals surface area contributed by atoms with Crippen molar-refractivity contribution in [1.29, 1.82) is 0 Å². The van der Waals surface area contributed by atoms with Gasteiger partial charge in [-0.2, -0.15) is 0 Å². The standard InChI is InChI=1S/C17H27BrN2O/c1-14(2)12-19-13-15-11-16(5-6-17(15)18)21-10-9-20-7-3-4-8-20/h5-6,11,14,19H,3-4,7-10,12-13H2,1-2H3. The fourth-order valence-corrected chi connectivity index (χ4v) is 2.96. The Kier molecular flexibility index (Phi) is 7.00. The van der Waals surface area contributed by atoms with Crippen LogP contribution in [-0.2, 0) is 6.54 Å². The molecule has 0 saturated carbocycles. The van der Waals surface area contributed by atoms with Crippen molar-refractivity contribution in [3.05, 3.63) is 28.2 Å². The van der Waals surface area contributed by atoms with Crippen molar-refractivity contribution < 1.29 is 4.74 Å². The van der Waals surface area contributed by atoms with Crippen LogP contribution < -0.4 is 10.1 Å². The summed E-state index contributed by atoms with van der Waals surface area (Å²) in [4.78, 5) is 2.48. The number of nitrogens with zero attached hydrogens (tertiary/aromatic N) is 1. The van der Waals surface area contributed by atoms with Crippen LogP contribution in [0.2, 0.25) is 0 Å². The minimum absolute atomic E-state index is 0.670. The van der Waals surface area contributed by atoms with Crippen molar-refractivity contribution in [2.45, 2.75) is 33.2 Å². The fourth-order valence-electron chi connectivity index (χ4n) is 2.57. The monoisotopic (exact) mass is 354 g/mol. The molecule has 1 aromatic rings. The highest BCUT2D eigenvalue weighted by Crippen LogP contribution is 2.22. The van der Waals surface area contributed by atoms with Gasteiger partial charge in [0.2, 0.25) is 0 Å². The Morgan fingerprint density at radius 1 is 1.29 bits per heavy atom. The van der Waals surface area contributed by atoms with Crippen LogP contribution in [0.1, 0.15) is 32.3 Å². The lowest BCUT2D eigenvalue weighted by Crippen LogP contribution is -2.25. The van der Waals surface area contributed by atoms with Crippen LogP contribution in [0.4, 0.5) is 0 Å². The number of hydrogen-bond acceptors (Lipinski definition) is 3. The van der Waals surface area contributed by atoms with Crippen LogP contribution in [0.15, 0.2) is 22.7 Å². The third-order valence-electron chi connectivity index (χ3n) is 3.76. The lowest BCUT2D eigenvalue weighted by Gasteiger charge is -2.16. The second kappa shape index (κ2) is 8.76. The zero-order chi connectivity index (χ0) is 15.1. The van der Waals surface area contributed by atoms with E-state index in [1.54, 1.807) is 0 Å². The predicted molar refractivity (Wildman–Crippen MR) is 91.9 cm³/mol. The zero-order valence-corrected chi connectivity index (χ0v) is 14.8. The number of likely N-dealkylation sites (tertiary alicyclic amines) is 1. The molecule has 3 nitrogen and oxygen atoms in total. The maximum absolute atomic E-state index is 5.90. The van der Waals surface area contributed by atoms with Gasteiger partial charge in [-0.25, -0.2) is 0 Å². The number of halogens is 1. The first-order valence-electron chi connectivity index (χ1n) is 7.99. The fraction of sp³-hybridized carbons (Fsp3) is 0.647. The molecular weight excluding hydrogens is 328 g/mol. The molecule has 1 aromatic carbocycles. The molecule has 0 amide bonds. The van der Waals surface area contributed by atoms with Gasteiger partial charge >= 0.3 is 0 Å². The summed E-state index contributed by atoms with van der Waals surface area (Å²) in [5.41, 5.74) is 1.26. The van der Waals surface area contributed by atoms with E-state index in [1.807, 2.05) is 6.07 Å². The third kappa shape index (κ3) is 5.97. The molecule has 118 valence electrons. The maximum Gasteiger partial charge on any atom is 0.119 e. The van der Waals surface area contributed by atoms with Crippen LogP contribution in [0.3, 0.4) is 0 Å². The summed E-state index contributed by atoms with van der Waals surface area (Å²) < 4.78 is 7.04. The minimum Gasteiger partial charge on any atom is -0.492 e. The average Bonchev–Trinajstić information content (AvgIpc) is 2.95. The van der Waals surface area contributed by atoms with Crippen LogP contribution in [0.25, 0.3) is 0 Å². The van der Waals surface area contributed by atoms with Gasteiger partial charge in [0.1, 0.15) is 12.4 Å². The summed E-state index contributed by atoms with van der Waals surface area (Å²) in [6, 6.07) is 6.26. The minimum atomic E-state index is 0.670. The lowest BCUT2D eigenvalue weighted by atomic mass is 10.2. The smallest absolute Gasteiger partial charge is 0.119 e. The van der Waals surface area contributed by atoms with Gasteiger partial charge in [-0.15, -0.1) is 0 Å². The van der Waals surface area contributed by atoms with Crippen molar-refractivity contribution in [3.63, 3.8) is 0 Å². The number of hydrogen-bond donors (Lipinski definition) is 1. The molecule has 0 atom stereocenters. The first kappa shape index (κ1) is 16.8. The Morgan fingerprint density at radius 3 is 2.76 bits per heavy atom. The molecule has 21 heavy (non-hydrogen) atoms. The number of nitrogens with one attached hydrogen (secondary N) is 1. The molecule has 0 aliphatic carbocycles. The molecule has 4 heteroatoms. The van der Waals surface area contributed by atoms with Gasteiger partial charge in [-0.1, -0.05) is 29.8 Å². The van der Waals surface area contributed by atoms with Crippen LogP contribution in [0.5, 0.6) is 5.75 Å². The van der Waals surface area contributed by atoms with Gasteiger partial charge in [0.05, 0.1) is 0 Å². The highest BCUT2D eigenvalue weighted by atomic mass is 79.9. The van der Waals surface area contributed by atoms with Gasteiger partial charge < -0.3 is 10.1 Å². The largest absolute Gasteiger partial charge is 0.492 e. The number of ether oxygens (including phenoxy) is 1. The van der Waals surface area contributed by atoms with Gasteiger partial charge in [-0.3, -0.25) is 4.90 Å². The van der Waals surface area contributed by atoms with Crippen LogP contribution in [-0.4, -0.2) is 37.7 Å². The molecule has 1 fully saturated rings. The summed E-state index contributed by atoms with van der Waals surface area (Å²) in [5, 5.41) is 3.48. The lowest BCUT2D eigenvalue weighted by molar-refractivity contribution is 0.237. The molecule has 0 radical (unpaired) electrons. The van der Waals surface area contributed by atoms with Crippen LogP contribution >= 0.6 is 15.9 Å². The summed E-state index contributed by atoms with van der Waals surface area (Å²) in [6.07, 6.45) is 2.67. The molecule has 2 rings (SSSR count). The molecule has 0 spiro atoms. The SMILES string of the molecule is CC(C)CNCc1cc(OCCN2CCCC2)ccc1Br. The molecule has 0 bridgehead atoms. The summed E-state index contributed by atoms with van der Waals surface area (Å²) >= 11 is 3.62. The van der Waals surface area contributed by atoms with Gasteiger partial charge in [0.15, 0.2) is 0 Å². The van der Waals surface area contributed by atoms with Crippen molar-refractivity contribution in [2.75, 3.05) is 32.8 Å². The van der Waals surface area contributed by atoms with E-state index in [4.69, 9.17) is 4.74 Å². The number of benzene rings is 1. The molecule has 1 saturated heterocycles. The Labute approximate surface area is 137 Å². The molecule has 1 aliphatic rings. The van der Waals surface area contributed by atoms with E-state index in [2.05, 4.69) is 52.1 Å². The molecule has 1 N–H and O–H groups in total. The molecule has 0 aromatic heterocycles. The molecule has 1 aliphatic heterocycles. The Bertz CT molecular complexity index is 431. The second-order valence-electron chi connectivity index (χ2n) is 6.18. The highest BCUT2D eigenvalue weighted by Gasteiger charge is 2.11. The van der Waals surface area contributed by atoms with Crippen molar-refractivity contribution in [3.8, 4) is 5.75 Å². The highest BCUT2D eigenvalue weighted by molar-refractivity contribution is 9.10. The van der Waals surface area contributed by atoms with E-state index in [0.29, 0.717) is 5.92 Å². The van der Waals surface area contributed by atoms with E-state index in [0.717, 1.165) is 36.5 Å². The average molecular weight is 355 g/mol. The van der Waals surface area contributed by atoms with Gasteiger partial charge in [0.25, 0.3) is 0 Å². The third-order valence-corrected chi connectivity index (χ3v) is 4.53. The van der Waals surface area contributed by atoms with Crippen molar-refractivity contribution in [1.82, 2.24) is 10.2 Å². The van der Waals surface area contributed by atoms with Crippen molar-refractivity contribution >= 4 is 15.9 Å². The molecular formula is C17H27BrN2O. The Hall–Kier alpha value is -0.580. The second-order valence-corrected chi connectivity index (χ2v) is 7.03. The van der Waals surface area contributed by atoms with E-state index >= 15 is 0 Å². The van der Waals surface area contributed by atoms with Gasteiger partial charge in [0, 0.05) is 17.6 Å². The normalized spacial score (nSPS) is 15.8. The molecule has 0 unspecified atom stereocenters. The Morgan fingerprint density at radius 2 is 2.05 bits per heavy atom. The first-order chi connectivity index (χ1) is 10.1. The summed E-state index contributed by atoms with van der Waals surface area (Å²) in [5.74, 6) is 1.64. The van der Waals surface area contributed by atoms with E-state index in [9.17, 15) is 0 Å². The maximum atomic E-state index is 5.90. The summed E-state index contributed by atoms with van der Waals surface area (Å²) in [6.45, 7) is 10.6. The summed E-state index contributed by atoms with van der Waals surface area (Å²) in [7, 11) is 0. The van der Waals surface area contributed by atoms with Crippen molar-refractivity contribution in [2.24, 2.45) is 5.92 Å². The Balaban J connectivity index is 1.79. The van der Waals surface area contributed by atoms with Crippen LogP contribution in [0, 0.1) is 5.92 Å². The zero-order valence-electron chi connectivity index (χ0n) is 13.2. The quantitative estimate of drug-likeness (QED) is 0.770. The van der Waals surface area contributed by atoms with Gasteiger partial charge in [-0.05, 0) is 62.2 Å². The number of rotatable bonds is 8. The topological polar surface area (TPSA) is 24.5 Å². The van der Waals surface area contributed by atoms with E-state index in [-0.39, 0.29) is 0 Å². The van der Waals surface area contributed by atoms with E-state index < -0.39 is 0 Å². The van der Waals surface area contributed by atoms with E-state index in [1.165, 1.54) is 31.5 Å².